The van der Waals surface area contributed by atoms with Gasteiger partial charge < -0.3 is 16.0 Å². The number of anilines is 2. The molecule has 0 aliphatic carbocycles. The maximum absolute atomic E-state index is 12.1. The van der Waals surface area contributed by atoms with Gasteiger partial charge in [-0.25, -0.2) is 0 Å². The smallest absolute Gasteiger partial charge is 0.238 e. The maximum Gasteiger partial charge on any atom is 0.238 e. The van der Waals surface area contributed by atoms with E-state index >= 15 is 0 Å². The van der Waals surface area contributed by atoms with E-state index < -0.39 is 0 Å². The number of amides is 1. The van der Waals surface area contributed by atoms with Crippen LogP contribution >= 0.6 is 0 Å². The minimum atomic E-state index is -0.00282. The Morgan fingerprint density at radius 3 is 2.85 bits per heavy atom. The number of carbonyl (C=O) groups is 1. The molecule has 5 nitrogen and oxygen atoms in total. The summed E-state index contributed by atoms with van der Waals surface area (Å²) in [5, 5.41) is 2.90. The Kier molecular flexibility index (Phi) is 4.62. The van der Waals surface area contributed by atoms with Crippen LogP contribution in [0.5, 0.6) is 0 Å². The Bertz CT molecular complexity index is 489. The Morgan fingerprint density at radius 2 is 2.20 bits per heavy atom. The van der Waals surface area contributed by atoms with Crippen molar-refractivity contribution in [2.24, 2.45) is 0 Å². The predicted octanol–water partition coefficient (Wildman–Crippen LogP) is 1.15. The summed E-state index contributed by atoms with van der Waals surface area (Å²) in [7, 11) is 2.11. The third kappa shape index (κ3) is 3.71. The fraction of sp³-hybridized carbons (Fsp3) is 0.533. The van der Waals surface area contributed by atoms with E-state index in [1.165, 1.54) is 0 Å². The van der Waals surface area contributed by atoms with Crippen molar-refractivity contribution in [2.45, 2.75) is 19.9 Å². The molecule has 1 unspecified atom stereocenters. The van der Waals surface area contributed by atoms with E-state index in [0.29, 0.717) is 24.0 Å². The van der Waals surface area contributed by atoms with E-state index in [0.717, 1.165) is 25.2 Å². The summed E-state index contributed by atoms with van der Waals surface area (Å²) in [6, 6.07) is 6.07. The third-order valence-corrected chi connectivity index (χ3v) is 3.80. The molecule has 1 aliphatic heterocycles. The lowest BCUT2D eigenvalue weighted by atomic mass is 10.2. The molecule has 1 atom stereocenters. The molecule has 5 heteroatoms. The number of rotatable bonds is 3. The molecule has 1 amide bonds. The number of nitrogen functional groups attached to an aromatic ring is 1. The molecule has 0 saturated carbocycles. The lowest BCUT2D eigenvalue weighted by Gasteiger charge is -2.37. The molecular weight excluding hydrogens is 252 g/mol. The highest BCUT2D eigenvalue weighted by Gasteiger charge is 2.23. The molecule has 1 heterocycles. The van der Waals surface area contributed by atoms with Crippen LogP contribution in [0.1, 0.15) is 12.5 Å². The first kappa shape index (κ1) is 14.8. The summed E-state index contributed by atoms with van der Waals surface area (Å²) in [6.07, 6.45) is 0. The highest BCUT2D eigenvalue weighted by atomic mass is 16.2. The second-order valence-electron chi connectivity index (χ2n) is 5.72. The van der Waals surface area contributed by atoms with E-state index in [9.17, 15) is 4.79 Å². The highest BCUT2D eigenvalue weighted by molar-refractivity contribution is 5.95. The standard InChI is InChI=1S/C15H24N4O/c1-11-4-5-14(13(16)8-11)17-15(20)10-19-7-6-18(3)9-12(19)2/h4-5,8,12H,6-7,9-10,16H2,1-3H3,(H,17,20). The minimum absolute atomic E-state index is 0.00282. The van der Waals surface area contributed by atoms with Crippen molar-refractivity contribution in [2.75, 3.05) is 44.3 Å². The van der Waals surface area contributed by atoms with Gasteiger partial charge in [0.2, 0.25) is 5.91 Å². The van der Waals surface area contributed by atoms with Crippen molar-refractivity contribution >= 4 is 17.3 Å². The Labute approximate surface area is 120 Å². The zero-order valence-corrected chi connectivity index (χ0v) is 12.5. The van der Waals surface area contributed by atoms with Crippen molar-refractivity contribution in [3.8, 4) is 0 Å². The second-order valence-corrected chi connectivity index (χ2v) is 5.72. The maximum atomic E-state index is 12.1. The lowest BCUT2D eigenvalue weighted by molar-refractivity contribution is -0.118. The van der Waals surface area contributed by atoms with Crippen LogP contribution in [0.3, 0.4) is 0 Å². The summed E-state index contributed by atoms with van der Waals surface area (Å²) in [5.41, 5.74) is 8.32. The van der Waals surface area contributed by atoms with E-state index in [1.54, 1.807) is 0 Å². The summed E-state index contributed by atoms with van der Waals surface area (Å²) < 4.78 is 0. The molecule has 3 N–H and O–H groups in total. The number of piperazine rings is 1. The third-order valence-electron chi connectivity index (χ3n) is 3.80. The molecule has 20 heavy (non-hydrogen) atoms. The quantitative estimate of drug-likeness (QED) is 0.813. The number of hydrogen-bond acceptors (Lipinski definition) is 4. The van der Waals surface area contributed by atoms with Crippen molar-refractivity contribution in [1.29, 1.82) is 0 Å². The predicted molar refractivity (Wildman–Crippen MR) is 82.8 cm³/mol. The van der Waals surface area contributed by atoms with Crippen LogP contribution in [0, 0.1) is 6.92 Å². The second kappa shape index (κ2) is 6.24. The van der Waals surface area contributed by atoms with Crippen LogP contribution in [0.4, 0.5) is 11.4 Å². The summed E-state index contributed by atoms with van der Waals surface area (Å²) in [6.45, 7) is 7.48. The normalized spacial score (nSPS) is 20.9. The molecule has 110 valence electrons. The van der Waals surface area contributed by atoms with Gasteiger partial charge in [-0.2, -0.15) is 0 Å². The van der Waals surface area contributed by atoms with Crippen molar-refractivity contribution in [3.63, 3.8) is 0 Å². The number of nitrogens with one attached hydrogen (secondary N) is 1. The Balaban J connectivity index is 1.92. The summed E-state index contributed by atoms with van der Waals surface area (Å²) in [5.74, 6) is -0.00282. The Morgan fingerprint density at radius 1 is 1.45 bits per heavy atom. The molecule has 0 radical (unpaired) electrons. The first-order valence-corrected chi connectivity index (χ1v) is 7.04. The molecule has 2 rings (SSSR count). The zero-order valence-electron chi connectivity index (χ0n) is 12.5. The first-order valence-electron chi connectivity index (χ1n) is 7.04. The van der Waals surface area contributed by atoms with Crippen LogP contribution in [-0.4, -0.2) is 55.0 Å². The van der Waals surface area contributed by atoms with Crippen molar-refractivity contribution < 1.29 is 4.79 Å². The fourth-order valence-corrected chi connectivity index (χ4v) is 2.58. The zero-order chi connectivity index (χ0) is 14.7. The van der Waals surface area contributed by atoms with Crippen LogP contribution in [-0.2, 0) is 4.79 Å². The monoisotopic (exact) mass is 276 g/mol. The van der Waals surface area contributed by atoms with Gasteiger partial charge in [0.15, 0.2) is 0 Å². The molecule has 1 aliphatic rings. The average molecular weight is 276 g/mol. The molecular formula is C15H24N4O. The summed E-state index contributed by atoms with van der Waals surface area (Å²) >= 11 is 0. The van der Waals surface area contributed by atoms with Gasteiger partial charge in [0, 0.05) is 25.7 Å². The van der Waals surface area contributed by atoms with Crippen LogP contribution in [0.15, 0.2) is 18.2 Å². The van der Waals surface area contributed by atoms with Gasteiger partial charge in [0.25, 0.3) is 0 Å². The number of benzene rings is 1. The molecule has 1 saturated heterocycles. The SMILES string of the molecule is Cc1ccc(NC(=O)CN2CCN(C)CC2C)c(N)c1. The average Bonchev–Trinajstić information content (AvgIpc) is 2.36. The van der Waals surface area contributed by atoms with Gasteiger partial charge in [-0.05, 0) is 38.6 Å². The number of carbonyl (C=O) groups excluding carboxylic acids is 1. The molecule has 0 bridgehead atoms. The van der Waals surface area contributed by atoms with E-state index in [-0.39, 0.29) is 5.91 Å². The topological polar surface area (TPSA) is 61.6 Å². The highest BCUT2D eigenvalue weighted by Crippen LogP contribution is 2.19. The molecule has 1 aromatic rings. The van der Waals surface area contributed by atoms with Crippen molar-refractivity contribution in [3.05, 3.63) is 23.8 Å². The van der Waals surface area contributed by atoms with Crippen LogP contribution in [0.25, 0.3) is 0 Å². The van der Waals surface area contributed by atoms with Gasteiger partial charge in [-0.1, -0.05) is 6.07 Å². The lowest BCUT2D eigenvalue weighted by Crippen LogP contribution is -2.52. The van der Waals surface area contributed by atoms with Crippen LogP contribution < -0.4 is 11.1 Å². The number of nitrogens with two attached hydrogens (primary N) is 1. The minimum Gasteiger partial charge on any atom is -0.397 e. The molecule has 0 aromatic heterocycles. The van der Waals surface area contributed by atoms with E-state index in [4.69, 9.17) is 5.73 Å². The van der Waals surface area contributed by atoms with E-state index in [2.05, 4.69) is 29.1 Å². The van der Waals surface area contributed by atoms with Gasteiger partial charge in [0.05, 0.1) is 17.9 Å². The number of likely N-dealkylation sites (N-methyl/N-ethyl adjacent to an activating group) is 1. The summed E-state index contributed by atoms with van der Waals surface area (Å²) in [4.78, 5) is 16.6. The largest absolute Gasteiger partial charge is 0.397 e. The van der Waals surface area contributed by atoms with Gasteiger partial charge in [-0.3, -0.25) is 9.69 Å². The van der Waals surface area contributed by atoms with Crippen LogP contribution in [0.2, 0.25) is 0 Å². The number of aryl methyl sites for hydroxylation is 1. The van der Waals surface area contributed by atoms with Gasteiger partial charge in [0.1, 0.15) is 0 Å². The van der Waals surface area contributed by atoms with Crippen molar-refractivity contribution in [1.82, 2.24) is 9.80 Å². The molecule has 1 fully saturated rings. The van der Waals surface area contributed by atoms with Gasteiger partial charge >= 0.3 is 0 Å². The molecule has 0 spiro atoms. The van der Waals surface area contributed by atoms with E-state index in [1.807, 2.05) is 25.1 Å². The van der Waals surface area contributed by atoms with Gasteiger partial charge in [-0.15, -0.1) is 0 Å². The number of nitrogens with zero attached hydrogens (tertiary/aromatic N) is 2. The number of hydrogen-bond donors (Lipinski definition) is 2. The fourth-order valence-electron chi connectivity index (χ4n) is 2.58. The first-order chi connectivity index (χ1) is 9.45. The Hall–Kier alpha value is -1.59. The molecule has 1 aromatic carbocycles.